The van der Waals surface area contributed by atoms with Gasteiger partial charge in [0.2, 0.25) is 0 Å². The lowest BCUT2D eigenvalue weighted by Crippen LogP contribution is -2.35. The summed E-state index contributed by atoms with van der Waals surface area (Å²) in [6, 6.07) is 12.0. The van der Waals surface area contributed by atoms with Gasteiger partial charge in [-0.1, -0.05) is 35.0 Å². The number of nitrogens with zero attached hydrogens (tertiary/aromatic N) is 1. The van der Waals surface area contributed by atoms with Gasteiger partial charge in [-0.15, -0.1) is 0 Å². The number of benzene rings is 2. The van der Waals surface area contributed by atoms with Gasteiger partial charge >= 0.3 is 5.95 Å². The molecule has 0 unspecified atom stereocenters. The molecule has 0 aliphatic carbocycles. The Labute approximate surface area is 151 Å². The molecule has 23 heavy (non-hydrogen) atoms. The number of fused-ring (bicyclic) bond motifs is 1. The van der Waals surface area contributed by atoms with E-state index in [-0.39, 0.29) is 5.75 Å². The van der Waals surface area contributed by atoms with E-state index in [9.17, 15) is 5.11 Å². The van der Waals surface area contributed by atoms with E-state index < -0.39 is 0 Å². The van der Waals surface area contributed by atoms with Crippen molar-refractivity contribution in [2.24, 2.45) is 0 Å². The van der Waals surface area contributed by atoms with Crippen LogP contribution in [0.3, 0.4) is 0 Å². The number of aromatic hydroxyl groups is 1. The minimum absolute atomic E-state index is 0.263. The molecular weight excluding hydrogens is 422 g/mol. The molecule has 0 aliphatic heterocycles. The minimum Gasteiger partial charge on any atom is -0.506 e. The Bertz CT molecular complexity index is 845. The topological polar surface area (TPSA) is 51.9 Å². The number of aromatic nitrogens is 2. The number of aromatic amines is 1. The molecule has 0 saturated heterocycles. The molecule has 1 heterocycles. The average Bonchev–Trinajstić information content (AvgIpc) is 2.88. The van der Waals surface area contributed by atoms with Crippen molar-refractivity contribution in [2.45, 2.75) is 26.4 Å². The molecule has 0 amide bonds. The third-order valence-corrected chi connectivity index (χ3v) is 4.78. The Morgan fingerprint density at radius 1 is 1.22 bits per heavy atom. The van der Waals surface area contributed by atoms with Crippen molar-refractivity contribution in [3.8, 4) is 5.75 Å². The summed E-state index contributed by atoms with van der Waals surface area (Å²) < 4.78 is 3.85. The number of phenols is 1. The van der Waals surface area contributed by atoms with Gasteiger partial charge in [0.1, 0.15) is 16.8 Å². The van der Waals surface area contributed by atoms with Gasteiger partial charge in [-0.25, -0.2) is 9.55 Å². The third kappa shape index (κ3) is 3.38. The molecule has 0 bridgehead atoms. The predicted molar refractivity (Wildman–Crippen MR) is 99.6 cm³/mol. The van der Waals surface area contributed by atoms with Crippen LogP contribution >= 0.6 is 31.9 Å². The second-order valence-corrected chi connectivity index (χ2v) is 7.16. The minimum atomic E-state index is 0.263. The maximum absolute atomic E-state index is 10.2. The first-order valence-electron chi connectivity index (χ1n) is 7.51. The largest absolute Gasteiger partial charge is 0.506 e. The van der Waals surface area contributed by atoms with Crippen molar-refractivity contribution in [1.82, 2.24) is 4.98 Å². The number of hydrogen-bond acceptors (Lipinski definition) is 2. The summed E-state index contributed by atoms with van der Waals surface area (Å²) in [7, 11) is 0. The lowest BCUT2D eigenvalue weighted by Gasteiger charge is -2.07. The normalized spacial score (nSPS) is 11.1. The van der Waals surface area contributed by atoms with Crippen molar-refractivity contribution in [3.63, 3.8) is 0 Å². The molecule has 6 heteroatoms. The Kier molecular flexibility index (Phi) is 4.92. The van der Waals surface area contributed by atoms with Crippen LogP contribution < -0.4 is 9.88 Å². The maximum Gasteiger partial charge on any atom is 0.356 e. The molecule has 4 nitrogen and oxygen atoms in total. The first-order valence-corrected chi connectivity index (χ1v) is 9.10. The summed E-state index contributed by atoms with van der Waals surface area (Å²) in [5.74, 6) is 1.21. The summed E-state index contributed by atoms with van der Waals surface area (Å²) >= 11 is 6.83. The van der Waals surface area contributed by atoms with Crippen LogP contribution in [0, 0.1) is 0 Å². The monoisotopic (exact) mass is 438 g/mol. The number of halogens is 2. The molecule has 3 rings (SSSR count). The van der Waals surface area contributed by atoms with Crippen molar-refractivity contribution in [1.29, 1.82) is 0 Å². The van der Waals surface area contributed by atoms with Gasteiger partial charge in [-0.3, -0.25) is 5.32 Å². The standard InChI is InChI=1S/C17H17Br2N3O/c1-2-7-22-15-6-4-3-5-14(15)21-17(22)20-10-11-8-12(18)9-13(19)16(11)23/h3-6,8-9H,2,7,10H2,1H3,(H2,20,21,23)/p+1. The first-order chi connectivity index (χ1) is 11.1. The Morgan fingerprint density at radius 3 is 2.78 bits per heavy atom. The Balaban J connectivity index is 1.91. The van der Waals surface area contributed by atoms with E-state index in [0.717, 1.165) is 34.5 Å². The number of anilines is 1. The zero-order chi connectivity index (χ0) is 16.4. The molecule has 1 aromatic heterocycles. The second kappa shape index (κ2) is 6.93. The van der Waals surface area contributed by atoms with Crippen LogP contribution in [0.25, 0.3) is 11.0 Å². The fourth-order valence-corrected chi connectivity index (χ4v) is 3.97. The maximum atomic E-state index is 10.2. The predicted octanol–water partition coefficient (Wildman–Crippen LogP) is 4.71. The molecule has 0 spiro atoms. The number of hydrogen-bond donors (Lipinski definition) is 3. The molecule has 0 saturated carbocycles. The fourth-order valence-electron chi connectivity index (χ4n) is 2.66. The van der Waals surface area contributed by atoms with E-state index in [1.54, 1.807) is 0 Å². The second-order valence-electron chi connectivity index (χ2n) is 5.39. The van der Waals surface area contributed by atoms with Crippen LogP contribution in [-0.4, -0.2) is 10.1 Å². The Morgan fingerprint density at radius 2 is 2.00 bits per heavy atom. The number of phenolic OH excluding ortho intramolecular Hbond substituents is 1. The highest BCUT2D eigenvalue weighted by molar-refractivity contribution is 9.11. The first kappa shape index (κ1) is 16.3. The van der Waals surface area contributed by atoms with Gasteiger partial charge < -0.3 is 5.11 Å². The highest BCUT2D eigenvalue weighted by Gasteiger charge is 2.17. The summed E-state index contributed by atoms with van der Waals surface area (Å²) in [5.41, 5.74) is 3.10. The number of imidazole rings is 1. The molecule has 3 N–H and O–H groups in total. The molecule has 3 aromatic rings. The van der Waals surface area contributed by atoms with E-state index in [1.165, 1.54) is 5.52 Å². The number of nitrogens with one attached hydrogen (secondary N) is 2. The van der Waals surface area contributed by atoms with Crippen LogP contribution in [0.4, 0.5) is 5.95 Å². The lowest BCUT2D eigenvalue weighted by atomic mass is 10.2. The SMILES string of the molecule is CCC[n+]1c(NCc2cc(Br)cc(Br)c2O)[nH]c2ccccc21. The van der Waals surface area contributed by atoms with E-state index >= 15 is 0 Å². The highest BCUT2D eigenvalue weighted by atomic mass is 79.9. The summed E-state index contributed by atoms with van der Waals surface area (Å²) in [6.07, 6.45) is 1.05. The number of para-hydroxylation sites is 2. The molecular formula is C17H18Br2N3O+. The molecule has 120 valence electrons. The van der Waals surface area contributed by atoms with Gasteiger partial charge in [0.25, 0.3) is 0 Å². The highest BCUT2D eigenvalue weighted by Crippen LogP contribution is 2.32. The number of rotatable bonds is 5. The van der Waals surface area contributed by atoms with Gasteiger partial charge in [-0.2, -0.15) is 0 Å². The van der Waals surface area contributed by atoms with Crippen LogP contribution in [-0.2, 0) is 13.1 Å². The molecule has 0 atom stereocenters. The Hall–Kier alpha value is -1.53. The van der Waals surface area contributed by atoms with Crippen molar-refractivity contribution in [3.05, 3.63) is 50.9 Å². The van der Waals surface area contributed by atoms with Crippen molar-refractivity contribution in [2.75, 3.05) is 5.32 Å². The van der Waals surface area contributed by atoms with E-state index in [0.29, 0.717) is 11.0 Å². The quantitative estimate of drug-likeness (QED) is 0.504. The fraction of sp³-hybridized carbons (Fsp3) is 0.235. The molecule has 0 radical (unpaired) electrons. The van der Waals surface area contributed by atoms with Crippen molar-refractivity contribution >= 4 is 48.8 Å². The average molecular weight is 440 g/mol. The molecule has 0 aliphatic rings. The smallest absolute Gasteiger partial charge is 0.356 e. The van der Waals surface area contributed by atoms with E-state index in [4.69, 9.17) is 0 Å². The van der Waals surface area contributed by atoms with Crippen LogP contribution in [0.2, 0.25) is 0 Å². The van der Waals surface area contributed by atoms with Crippen LogP contribution in [0.15, 0.2) is 45.3 Å². The van der Waals surface area contributed by atoms with E-state index in [2.05, 4.69) is 65.8 Å². The van der Waals surface area contributed by atoms with Gasteiger partial charge in [0.15, 0.2) is 0 Å². The molecule has 2 aromatic carbocycles. The van der Waals surface area contributed by atoms with Crippen molar-refractivity contribution < 1.29 is 9.67 Å². The van der Waals surface area contributed by atoms with Gasteiger partial charge in [0.05, 0.1) is 17.6 Å². The van der Waals surface area contributed by atoms with Gasteiger partial charge in [0, 0.05) is 10.0 Å². The van der Waals surface area contributed by atoms with Crippen LogP contribution in [0.1, 0.15) is 18.9 Å². The van der Waals surface area contributed by atoms with Gasteiger partial charge in [-0.05, 0) is 46.6 Å². The summed E-state index contributed by atoms with van der Waals surface area (Å²) in [5, 5.41) is 13.6. The third-order valence-electron chi connectivity index (χ3n) is 3.72. The zero-order valence-electron chi connectivity index (χ0n) is 12.7. The zero-order valence-corrected chi connectivity index (χ0v) is 15.9. The number of aryl methyl sites for hydroxylation is 1. The summed E-state index contributed by atoms with van der Waals surface area (Å²) in [6.45, 7) is 3.62. The van der Waals surface area contributed by atoms with E-state index in [1.807, 2.05) is 24.3 Å². The number of H-pyrrole nitrogens is 1. The lowest BCUT2D eigenvalue weighted by molar-refractivity contribution is -0.657. The summed E-state index contributed by atoms with van der Waals surface area (Å²) in [4.78, 5) is 3.41. The molecule has 0 fully saturated rings. The van der Waals surface area contributed by atoms with Crippen LogP contribution in [0.5, 0.6) is 5.75 Å².